The largest absolute Gasteiger partial charge is 0.352 e. The molecule has 0 radical (unpaired) electrons. The molecule has 0 aromatic heterocycles. The molecule has 1 saturated carbocycles. The van der Waals surface area contributed by atoms with Crippen LogP contribution in [0.5, 0.6) is 0 Å². The summed E-state index contributed by atoms with van der Waals surface area (Å²) in [5.41, 5.74) is 2.46. The van der Waals surface area contributed by atoms with Gasteiger partial charge < -0.3 is 10.6 Å². The molecule has 0 spiro atoms. The molecule has 2 aliphatic rings. The zero-order valence-electron chi connectivity index (χ0n) is 19.9. The number of hydrogen-bond acceptors (Lipinski definition) is 2. The van der Waals surface area contributed by atoms with E-state index >= 15 is 0 Å². The van der Waals surface area contributed by atoms with Gasteiger partial charge in [0.1, 0.15) is 0 Å². The molecule has 6 heteroatoms. The van der Waals surface area contributed by atoms with Gasteiger partial charge >= 0.3 is 0 Å². The molecule has 178 valence electrons. The Bertz CT molecular complexity index is 1010. The molecule has 1 unspecified atom stereocenters. The van der Waals surface area contributed by atoms with Crippen molar-refractivity contribution in [3.05, 3.63) is 63.6 Å². The molecule has 4 rings (SSSR count). The van der Waals surface area contributed by atoms with Crippen molar-refractivity contribution < 1.29 is 9.59 Å². The van der Waals surface area contributed by atoms with Gasteiger partial charge in [0.05, 0.1) is 5.41 Å². The Labute approximate surface area is 207 Å². The van der Waals surface area contributed by atoms with Gasteiger partial charge in [0.2, 0.25) is 11.8 Å². The predicted molar refractivity (Wildman–Crippen MR) is 137 cm³/mol. The van der Waals surface area contributed by atoms with E-state index in [0.29, 0.717) is 22.4 Å². The lowest BCUT2D eigenvalue weighted by atomic mass is 9.63. The molecule has 0 bridgehead atoms. The van der Waals surface area contributed by atoms with Crippen LogP contribution in [-0.4, -0.2) is 17.4 Å². The first-order chi connectivity index (χ1) is 15.5. The lowest BCUT2D eigenvalue weighted by Crippen LogP contribution is -2.44. The minimum absolute atomic E-state index is 0.0255. The Morgan fingerprint density at radius 2 is 1.73 bits per heavy atom. The Morgan fingerprint density at radius 3 is 2.30 bits per heavy atom. The molecule has 2 aromatic rings. The molecule has 1 aliphatic heterocycles. The second kappa shape index (κ2) is 10.5. The van der Waals surface area contributed by atoms with Gasteiger partial charge in [0, 0.05) is 28.2 Å². The Kier molecular flexibility index (Phi) is 8.13. The summed E-state index contributed by atoms with van der Waals surface area (Å²) < 4.78 is 0. The van der Waals surface area contributed by atoms with Gasteiger partial charge in [-0.15, -0.1) is 0 Å². The van der Waals surface area contributed by atoms with Crippen LogP contribution in [0.25, 0.3) is 0 Å². The van der Waals surface area contributed by atoms with Crippen molar-refractivity contribution in [2.75, 3.05) is 5.32 Å². The van der Waals surface area contributed by atoms with Crippen LogP contribution in [0.3, 0.4) is 0 Å². The first-order valence-corrected chi connectivity index (χ1v) is 12.4. The van der Waals surface area contributed by atoms with Crippen LogP contribution in [0.1, 0.15) is 70.9 Å². The minimum atomic E-state index is -0.523. The standard InChI is InChI=1S/C21H21Cl2NO.C6H13NO/c22-16-8-4-5-14(11-16)13-21(15-6-2-1-3-7-15)18-10-9-17(23)12-19(18)24-20(21)25;1-5(8)7-6(2,3)4/h4-5,8-12,15H,1-3,6-7,13H2,(H,24,25);1-4H3,(H,7,8). The lowest BCUT2D eigenvalue weighted by molar-refractivity contribution is -0.123. The molecule has 2 N–H and O–H groups in total. The van der Waals surface area contributed by atoms with Crippen LogP contribution in [0.2, 0.25) is 10.0 Å². The van der Waals surface area contributed by atoms with E-state index < -0.39 is 5.41 Å². The number of fused-ring (bicyclic) bond motifs is 1. The Hall–Kier alpha value is -2.04. The maximum Gasteiger partial charge on any atom is 0.235 e. The molecule has 33 heavy (non-hydrogen) atoms. The zero-order valence-corrected chi connectivity index (χ0v) is 21.4. The number of carbonyl (C=O) groups excluding carboxylic acids is 2. The second-order valence-electron chi connectivity index (χ2n) is 10.2. The average Bonchev–Trinajstić information content (AvgIpc) is 2.98. The molecule has 4 nitrogen and oxygen atoms in total. The summed E-state index contributed by atoms with van der Waals surface area (Å²) in [4.78, 5) is 23.6. The van der Waals surface area contributed by atoms with E-state index in [1.54, 1.807) is 0 Å². The van der Waals surface area contributed by atoms with Crippen LogP contribution in [0.15, 0.2) is 42.5 Å². The number of nitrogens with one attached hydrogen (secondary N) is 2. The zero-order chi connectivity index (χ0) is 24.2. The number of halogens is 2. The van der Waals surface area contributed by atoms with Crippen molar-refractivity contribution in [2.45, 2.75) is 77.2 Å². The van der Waals surface area contributed by atoms with Crippen LogP contribution in [0.4, 0.5) is 5.69 Å². The molecule has 1 fully saturated rings. The van der Waals surface area contributed by atoms with Crippen LogP contribution < -0.4 is 10.6 Å². The maximum absolute atomic E-state index is 13.3. The Balaban J connectivity index is 0.000000331. The van der Waals surface area contributed by atoms with Crippen molar-refractivity contribution in [1.29, 1.82) is 0 Å². The third-order valence-corrected chi connectivity index (χ3v) is 6.81. The van der Waals surface area contributed by atoms with E-state index in [0.717, 1.165) is 29.7 Å². The summed E-state index contributed by atoms with van der Waals surface area (Å²) in [6.45, 7) is 7.38. The van der Waals surface area contributed by atoms with Gasteiger partial charge in [-0.1, -0.05) is 60.7 Å². The number of carbonyl (C=O) groups is 2. The molecule has 2 amide bonds. The van der Waals surface area contributed by atoms with E-state index in [4.69, 9.17) is 23.2 Å². The highest BCUT2D eigenvalue weighted by molar-refractivity contribution is 6.31. The Morgan fingerprint density at radius 1 is 1.06 bits per heavy atom. The van der Waals surface area contributed by atoms with Crippen molar-refractivity contribution in [3.63, 3.8) is 0 Å². The topological polar surface area (TPSA) is 58.2 Å². The number of rotatable bonds is 3. The summed E-state index contributed by atoms with van der Waals surface area (Å²) in [7, 11) is 0. The number of benzene rings is 2. The van der Waals surface area contributed by atoms with Crippen molar-refractivity contribution in [2.24, 2.45) is 5.92 Å². The predicted octanol–water partition coefficient (Wildman–Crippen LogP) is 6.93. The number of hydrogen-bond donors (Lipinski definition) is 2. The highest BCUT2D eigenvalue weighted by Crippen LogP contribution is 2.50. The molecular formula is C27H34Cl2N2O2. The molecule has 1 atom stereocenters. The van der Waals surface area contributed by atoms with Gasteiger partial charge in [-0.3, -0.25) is 9.59 Å². The third kappa shape index (κ3) is 6.30. The van der Waals surface area contributed by atoms with E-state index in [1.807, 2.05) is 57.2 Å². The normalized spacial score (nSPS) is 20.4. The van der Waals surface area contributed by atoms with Crippen LogP contribution in [0, 0.1) is 5.92 Å². The van der Waals surface area contributed by atoms with Crippen molar-refractivity contribution >= 4 is 40.7 Å². The van der Waals surface area contributed by atoms with Crippen molar-refractivity contribution in [3.8, 4) is 0 Å². The van der Waals surface area contributed by atoms with E-state index in [9.17, 15) is 9.59 Å². The number of amides is 2. The average molecular weight is 489 g/mol. The lowest BCUT2D eigenvalue weighted by Gasteiger charge is -2.38. The van der Waals surface area contributed by atoms with Crippen LogP contribution in [-0.2, 0) is 21.4 Å². The molecule has 1 heterocycles. The van der Waals surface area contributed by atoms with E-state index in [2.05, 4.69) is 16.7 Å². The number of anilines is 1. The first-order valence-electron chi connectivity index (χ1n) is 11.7. The molecule has 1 aliphatic carbocycles. The summed E-state index contributed by atoms with van der Waals surface area (Å²) >= 11 is 12.4. The van der Waals surface area contributed by atoms with Crippen LogP contribution >= 0.6 is 23.2 Å². The van der Waals surface area contributed by atoms with E-state index in [-0.39, 0.29) is 17.4 Å². The summed E-state index contributed by atoms with van der Waals surface area (Å²) in [6.07, 6.45) is 6.51. The van der Waals surface area contributed by atoms with Gasteiger partial charge in [-0.05, 0) is 81.3 Å². The maximum atomic E-state index is 13.3. The quantitative estimate of drug-likeness (QED) is 0.491. The fourth-order valence-electron chi connectivity index (χ4n) is 5.18. The molecular weight excluding hydrogens is 455 g/mol. The molecule has 2 aromatic carbocycles. The van der Waals surface area contributed by atoms with Crippen molar-refractivity contribution in [1.82, 2.24) is 5.32 Å². The van der Waals surface area contributed by atoms with Gasteiger partial charge in [0.25, 0.3) is 0 Å². The SMILES string of the molecule is CC(=O)NC(C)(C)C.O=C1Nc2cc(Cl)ccc2C1(Cc1cccc(Cl)c1)C1CCCCC1. The summed E-state index contributed by atoms with van der Waals surface area (Å²) in [5, 5.41) is 7.22. The second-order valence-corrected chi connectivity index (χ2v) is 11.1. The minimum Gasteiger partial charge on any atom is -0.352 e. The first kappa shape index (κ1) is 25.6. The summed E-state index contributed by atoms with van der Waals surface area (Å²) in [6, 6.07) is 13.7. The van der Waals surface area contributed by atoms with E-state index in [1.165, 1.54) is 26.2 Å². The van der Waals surface area contributed by atoms with Gasteiger partial charge in [-0.25, -0.2) is 0 Å². The smallest absolute Gasteiger partial charge is 0.235 e. The summed E-state index contributed by atoms with van der Waals surface area (Å²) in [5.74, 6) is 0.483. The monoisotopic (exact) mass is 488 g/mol. The fraction of sp³-hybridized carbons (Fsp3) is 0.481. The molecule has 0 saturated heterocycles. The fourth-order valence-corrected chi connectivity index (χ4v) is 5.57. The van der Waals surface area contributed by atoms with Gasteiger partial charge in [-0.2, -0.15) is 0 Å². The van der Waals surface area contributed by atoms with Gasteiger partial charge in [0.15, 0.2) is 0 Å². The highest BCUT2D eigenvalue weighted by atomic mass is 35.5. The highest BCUT2D eigenvalue weighted by Gasteiger charge is 2.52. The third-order valence-electron chi connectivity index (χ3n) is 6.34.